The van der Waals surface area contributed by atoms with E-state index in [1.807, 2.05) is 0 Å². The first-order chi connectivity index (χ1) is 7.97. The van der Waals surface area contributed by atoms with Crippen LogP contribution in [0.15, 0.2) is 23.3 Å². The number of hydrogen-bond acceptors (Lipinski definition) is 4. The summed E-state index contributed by atoms with van der Waals surface area (Å²) < 4.78 is 1.48. The molecule has 1 amide bonds. The largest absolute Gasteiger partial charge is 0.404 e. The van der Waals surface area contributed by atoms with Gasteiger partial charge in [-0.2, -0.15) is 4.68 Å². The summed E-state index contributed by atoms with van der Waals surface area (Å²) >= 11 is 3.01. The molecule has 0 aliphatic heterocycles. The van der Waals surface area contributed by atoms with Gasteiger partial charge in [0, 0.05) is 6.54 Å². The van der Waals surface area contributed by atoms with Crippen LogP contribution in [-0.2, 0) is 4.79 Å². The molecule has 0 bridgehead atoms. The van der Waals surface area contributed by atoms with E-state index in [4.69, 9.17) is 0 Å². The van der Waals surface area contributed by atoms with Gasteiger partial charge in [-0.25, -0.2) is 0 Å². The van der Waals surface area contributed by atoms with Gasteiger partial charge >= 0.3 is 5.82 Å². The number of nitrogens with one attached hydrogen (secondary N) is 1. The minimum atomic E-state index is -0.625. The van der Waals surface area contributed by atoms with Crippen molar-refractivity contribution in [1.29, 1.82) is 0 Å². The Balaban J connectivity index is 2.85. The number of amides is 1. The van der Waals surface area contributed by atoms with Gasteiger partial charge in [0.05, 0.1) is 11.3 Å². The molecule has 1 aromatic heterocycles. The number of hydrogen-bond donors (Lipinski definition) is 1. The third-order valence-corrected chi connectivity index (χ3v) is 2.60. The highest BCUT2D eigenvalue weighted by Gasteiger charge is 2.24. The molecule has 0 aromatic carbocycles. The van der Waals surface area contributed by atoms with Crippen molar-refractivity contribution < 1.29 is 9.72 Å². The molecule has 0 saturated heterocycles. The topological polar surface area (TPSA) is 90.1 Å². The van der Waals surface area contributed by atoms with E-state index in [9.17, 15) is 14.9 Å². The van der Waals surface area contributed by atoms with Crippen molar-refractivity contribution >= 4 is 27.7 Å². The summed E-state index contributed by atoms with van der Waals surface area (Å²) in [4.78, 5) is 21.6. The Morgan fingerprint density at radius 1 is 1.88 bits per heavy atom. The van der Waals surface area contributed by atoms with Crippen LogP contribution in [0.4, 0.5) is 5.82 Å². The molecule has 0 fully saturated rings. The zero-order valence-corrected chi connectivity index (χ0v) is 10.7. The number of nitro groups is 1. The lowest BCUT2D eigenvalue weighted by atomic mass is 10.3. The molecular formula is C9H11BrN4O3. The van der Waals surface area contributed by atoms with Crippen LogP contribution in [0.5, 0.6) is 0 Å². The van der Waals surface area contributed by atoms with E-state index in [1.54, 1.807) is 13.0 Å². The number of nitrogens with zero attached hydrogens (tertiary/aromatic N) is 3. The van der Waals surface area contributed by atoms with Crippen LogP contribution in [-0.4, -0.2) is 27.2 Å². The molecule has 0 radical (unpaired) electrons. The molecule has 17 heavy (non-hydrogen) atoms. The summed E-state index contributed by atoms with van der Waals surface area (Å²) in [7, 11) is 0. The Morgan fingerprint density at radius 3 is 3.00 bits per heavy atom. The third kappa shape index (κ3) is 3.13. The van der Waals surface area contributed by atoms with Crippen LogP contribution in [0.2, 0.25) is 0 Å². The van der Waals surface area contributed by atoms with Crippen LogP contribution in [0, 0.1) is 10.1 Å². The second-order valence-corrected chi connectivity index (χ2v) is 4.10. The number of carbonyl (C=O) groups is 1. The van der Waals surface area contributed by atoms with E-state index < -0.39 is 11.0 Å². The lowest BCUT2D eigenvalue weighted by Gasteiger charge is -2.07. The first-order valence-electron chi connectivity index (χ1n) is 4.75. The van der Waals surface area contributed by atoms with Gasteiger partial charge in [0.25, 0.3) is 0 Å². The number of aromatic nitrogens is 2. The number of halogens is 1. The second-order valence-electron chi connectivity index (χ2n) is 3.25. The smallest absolute Gasteiger partial charge is 0.358 e. The first-order valence-corrected chi connectivity index (χ1v) is 5.54. The highest BCUT2D eigenvalue weighted by molar-refractivity contribution is 9.10. The molecule has 92 valence electrons. The molecule has 0 saturated carbocycles. The van der Waals surface area contributed by atoms with Crippen molar-refractivity contribution in [2.75, 3.05) is 6.54 Å². The average Bonchev–Trinajstić information content (AvgIpc) is 2.67. The summed E-state index contributed by atoms with van der Waals surface area (Å²) in [6.07, 6.45) is 2.95. The second kappa shape index (κ2) is 5.58. The van der Waals surface area contributed by atoms with Crippen LogP contribution in [0.3, 0.4) is 0 Å². The Morgan fingerprint density at radius 2 is 2.53 bits per heavy atom. The van der Waals surface area contributed by atoms with Crippen molar-refractivity contribution in [2.45, 2.75) is 13.0 Å². The molecule has 1 aromatic rings. The summed E-state index contributed by atoms with van der Waals surface area (Å²) in [5.41, 5.74) is 0. The molecule has 8 heteroatoms. The van der Waals surface area contributed by atoms with Gasteiger partial charge in [-0.15, -0.1) is 6.58 Å². The Kier molecular flexibility index (Phi) is 4.38. The number of rotatable bonds is 5. The third-order valence-electron chi connectivity index (χ3n) is 2.04. The van der Waals surface area contributed by atoms with Gasteiger partial charge in [-0.1, -0.05) is 6.08 Å². The van der Waals surface area contributed by atoms with E-state index in [0.29, 0.717) is 6.54 Å². The molecule has 1 rings (SSSR count). The van der Waals surface area contributed by atoms with Gasteiger partial charge in [-0.3, -0.25) is 4.79 Å². The fourth-order valence-corrected chi connectivity index (χ4v) is 1.56. The fraction of sp³-hybridized carbons (Fsp3) is 0.333. The molecule has 1 heterocycles. The standard InChI is InChI=1S/C9H11BrN4O3/c1-3-4-11-9(15)6(2)13-5-7(10)8(12-13)14(16)17/h3,5-6H,1,4H2,2H3,(H,11,15). The first kappa shape index (κ1) is 13.4. The lowest BCUT2D eigenvalue weighted by Crippen LogP contribution is -2.31. The van der Waals surface area contributed by atoms with Gasteiger partial charge < -0.3 is 15.4 Å². The summed E-state index contributed by atoms with van der Waals surface area (Å²) in [6, 6.07) is -0.625. The van der Waals surface area contributed by atoms with Gasteiger partial charge in [-0.05, 0) is 27.8 Å². The summed E-state index contributed by atoms with van der Waals surface area (Å²) in [6.45, 7) is 5.41. The van der Waals surface area contributed by atoms with Crippen molar-refractivity contribution in [2.24, 2.45) is 0 Å². The SMILES string of the molecule is C=CCNC(=O)C(C)n1cc(Br)c([N+](=O)[O-])n1. The lowest BCUT2D eigenvalue weighted by molar-refractivity contribution is -0.390. The molecule has 7 nitrogen and oxygen atoms in total. The van der Waals surface area contributed by atoms with Crippen LogP contribution < -0.4 is 5.32 Å². The maximum Gasteiger partial charge on any atom is 0.404 e. The minimum Gasteiger partial charge on any atom is -0.358 e. The van der Waals surface area contributed by atoms with Crippen molar-refractivity contribution in [3.8, 4) is 0 Å². The van der Waals surface area contributed by atoms with Crippen molar-refractivity contribution in [1.82, 2.24) is 15.1 Å². The Labute approximate surface area is 106 Å². The van der Waals surface area contributed by atoms with E-state index in [1.165, 1.54) is 10.9 Å². The van der Waals surface area contributed by atoms with E-state index in [-0.39, 0.29) is 16.2 Å². The molecule has 0 aliphatic rings. The maximum absolute atomic E-state index is 11.6. The Hall–Kier alpha value is -1.70. The predicted octanol–water partition coefficient (Wildman–Crippen LogP) is 1.42. The molecule has 0 aliphatic carbocycles. The summed E-state index contributed by atoms with van der Waals surface area (Å²) in [5.74, 6) is -0.594. The average molecular weight is 303 g/mol. The van der Waals surface area contributed by atoms with Gasteiger partial charge in [0.15, 0.2) is 0 Å². The van der Waals surface area contributed by atoms with Crippen molar-refractivity contribution in [3.63, 3.8) is 0 Å². The van der Waals surface area contributed by atoms with Crippen molar-refractivity contribution in [3.05, 3.63) is 33.4 Å². The maximum atomic E-state index is 11.6. The molecular weight excluding hydrogens is 292 g/mol. The molecule has 1 unspecified atom stereocenters. The molecule has 0 spiro atoms. The highest BCUT2D eigenvalue weighted by atomic mass is 79.9. The van der Waals surface area contributed by atoms with Gasteiger partial charge in [0.1, 0.15) is 10.5 Å². The van der Waals surface area contributed by atoms with Crippen LogP contribution in [0.25, 0.3) is 0 Å². The minimum absolute atomic E-state index is 0.242. The normalized spacial score (nSPS) is 11.9. The predicted molar refractivity (Wildman–Crippen MR) is 64.5 cm³/mol. The molecule has 1 N–H and O–H groups in total. The molecule has 1 atom stereocenters. The summed E-state index contributed by atoms with van der Waals surface area (Å²) in [5, 5.41) is 16.9. The van der Waals surface area contributed by atoms with E-state index >= 15 is 0 Å². The quantitative estimate of drug-likeness (QED) is 0.506. The Bertz CT molecular complexity index is 457. The van der Waals surface area contributed by atoms with Gasteiger partial charge in [0.2, 0.25) is 5.91 Å². The zero-order valence-electron chi connectivity index (χ0n) is 9.09. The van der Waals surface area contributed by atoms with Crippen LogP contribution >= 0.6 is 15.9 Å². The van der Waals surface area contributed by atoms with E-state index in [2.05, 4.69) is 32.9 Å². The zero-order chi connectivity index (χ0) is 13.0. The fourth-order valence-electron chi connectivity index (χ4n) is 1.12. The highest BCUT2D eigenvalue weighted by Crippen LogP contribution is 2.23. The van der Waals surface area contributed by atoms with Crippen LogP contribution in [0.1, 0.15) is 13.0 Å². The van der Waals surface area contributed by atoms with E-state index in [0.717, 1.165) is 0 Å². The number of carbonyl (C=O) groups excluding carboxylic acids is 1. The monoisotopic (exact) mass is 302 g/mol.